The molecule has 2 N–H and O–H groups in total. The minimum absolute atomic E-state index is 0.0900. The highest BCUT2D eigenvalue weighted by molar-refractivity contribution is 7.89. The van der Waals surface area contributed by atoms with E-state index in [1.807, 2.05) is 53.8 Å². The molecule has 108 valence electrons. The molecule has 0 spiro atoms. The fourth-order valence-corrected chi connectivity index (χ4v) is 3.80. The summed E-state index contributed by atoms with van der Waals surface area (Å²) in [6.45, 7) is 9.52. The van der Waals surface area contributed by atoms with Crippen molar-refractivity contribution in [3.05, 3.63) is 23.3 Å². The molecule has 4 nitrogen and oxygen atoms in total. The molecule has 0 aromatic heterocycles. The maximum absolute atomic E-state index is 12.5. The van der Waals surface area contributed by atoms with Crippen LogP contribution in [0.1, 0.15) is 31.9 Å². The van der Waals surface area contributed by atoms with E-state index < -0.39 is 10.0 Å². The summed E-state index contributed by atoms with van der Waals surface area (Å²) in [5.74, 6) is 0.256. The van der Waals surface area contributed by atoms with Gasteiger partial charge in [0.15, 0.2) is 0 Å². The Labute approximate surface area is 116 Å². The highest BCUT2D eigenvalue weighted by atomic mass is 32.2. The Bertz CT molecular complexity index is 528. The third kappa shape index (κ3) is 3.70. The molecule has 1 aromatic carbocycles. The molecule has 0 saturated heterocycles. The van der Waals surface area contributed by atoms with Gasteiger partial charge < -0.3 is 5.32 Å². The number of hydrogen-bond donors (Lipinski definition) is 2. The van der Waals surface area contributed by atoms with Crippen LogP contribution >= 0.6 is 0 Å². The average molecular weight is 284 g/mol. The summed E-state index contributed by atoms with van der Waals surface area (Å²) in [5.41, 5.74) is 2.44. The third-order valence-corrected chi connectivity index (χ3v) is 5.22. The van der Waals surface area contributed by atoms with Crippen LogP contribution in [0.2, 0.25) is 0 Å². The van der Waals surface area contributed by atoms with Crippen LogP contribution in [0.15, 0.2) is 17.0 Å². The van der Waals surface area contributed by atoms with Gasteiger partial charge in [-0.1, -0.05) is 13.8 Å². The van der Waals surface area contributed by atoms with Gasteiger partial charge in [0.1, 0.15) is 0 Å². The van der Waals surface area contributed by atoms with Crippen molar-refractivity contribution in [3.8, 4) is 0 Å². The number of rotatable bonds is 5. The molecular weight excluding hydrogens is 260 g/mol. The monoisotopic (exact) mass is 284 g/mol. The van der Waals surface area contributed by atoms with E-state index in [-0.39, 0.29) is 12.0 Å². The first kappa shape index (κ1) is 16.0. The van der Waals surface area contributed by atoms with Crippen LogP contribution in [0, 0.1) is 19.8 Å². The van der Waals surface area contributed by atoms with Crippen molar-refractivity contribution in [1.29, 1.82) is 0 Å². The van der Waals surface area contributed by atoms with E-state index in [1.54, 1.807) is 0 Å². The lowest BCUT2D eigenvalue weighted by atomic mass is 10.1. The van der Waals surface area contributed by atoms with Crippen LogP contribution in [-0.2, 0) is 10.0 Å². The number of aryl methyl sites for hydroxylation is 2. The van der Waals surface area contributed by atoms with Gasteiger partial charge in [0.2, 0.25) is 10.0 Å². The van der Waals surface area contributed by atoms with Gasteiger partial charge >= 0.3 is 0 Å². The van der Waals surface area contributed by atoms with Crippen LogP contribution in [0.3, 0.4) is 0 Å². The first-order valence-electron chi connectivity index (χ1n) is 6.50. The van der Waals surface area contributed by atoms with Crippen molar-refractivity contribution in [3.63, 3.8) is 0 Å². The summed E-state index contributed by atoms with van der Waals surface area (Å²) in [6, 6.07) is 3.61. The zero-order valence-corrected chi connectivity index (χ0v) is 13.4. The lowest BCUT2D eigenvalue weighted by Crippen LogP contribution is -2.36. The Kier molecular flexibility index (Phi) is 4.98. The van der Waals surface area contributed by atoms with Crippen molar-refractivity contribution in [1.82, 2.24) is 4.72 Å². The molecule has 1 atom stereocenters. The van der Waals surface area contributed by atoms with Gasteiger partial charge in [0, 0.05) is 18.8 Å². The maximum Gasteiger partial charge on any atom is 0.241 e. The van der Waals surface area contributed by atoms with E-state index in [4.69, 9.17) is 0 Å². The first-order chi connectivity index (χ1) is 8.69. The van der Waals surface area contributed by atoms with E-state index in [9.17, 15) is 8.42 Å². The molecular formula is C14H24N2O2S. The van der Waals surface area contributed by atoms with Crippen LogP contribution in [0.25, 0.3) is 0 Å². The van der Waals surface area contributed by atoms with Crippen molar-refractivity contribution in [2.24, 2.45) is 5.92 Å². The van der Waals surface area contributed by atoms with Gasteiger partial charge in [-0.25, -0.2) is 13.1 Å². The number of anilines is 1. The van der Waals surface area contributed by atoms with Crippen molar-refractivity contribution < 1.29 is 8.42 Å². The van der Waals surface area contributed by atoms with Gasteiger partial charge in [-0.3, -0.25) is 0 Å². The zero-order valence-electron chi connectivity index (χ0n) is 12.5. The predicted octanol–water partition coefficient (Wildman–Crippen LogP) is 2.67. The van der Waals surface area contributed by atoms with Gasteiger partial charge in [-0.15, -0.1) is 0 Å². The van der Waals surface area contributed by atoms with Gasteiger partial charge in [-0.05, 0) is 49.9 Å². The largest absolute Gasteiger partial charge is 0.388 e. The predicted molar refractivity (Wildman–Crippen MR) is 80.1 cm³/mol. The smallest absolute Gasteiger partial charge is 0.241 e. The van der Waals surface area contributed by atoms with Crippen LogP contribution < -0.4 is 10.0 Å². The van der Waals surface area contributed by atoms with Gasteiger partial charge in [0.25, 0.3) is 0 Å². The maximum atomic E-state index is 12.5. The molecule has 0 saturated carbocycles. The van der Waals surface area contributed by atoms with E-state index in [1.165, 1.54) is 0 Å². The summed E-state index contributed by atoms with van der Waals surface area (Å²) < 4.78 is 27.7. The standard InChI is InChI=1S/C14H24N2O2S/c1-9(2)12(5)16-19(17,18)14-10(3)7-13(15-6)8-11(14)4/h7-9,12,15-16H,1-6H3. The molecule has 0 amide bonds. The molecule has 0 aliphatic carbocycles. The van der Waals surface area contributed by atoms with Gasteiger partial charge in [-0.2, -0.15) is 0 Å². The first-order valence-corrected chi connectivity index (χ1v) is 7.98. The fraction of sp³-hybridized carbons (Fsp3) is 0.571. The highest BCUT2D eigenvalue weighted by Gasteiger charge is 2.23. The minimum Gasteiger partial charge on any atom is -0.388 e. The molecule has 1 unspecified atom stereocenters. The molecule has 1 rings (SSSR count). The molecule has 5 heteroatoms. The van der Waals surface area contributed by atoms with E-state index in [0.717, 1.165) is 16.8 Å². The topological polar surface area (TPSA) is 58.2 Å². The number of hydrogen-bond acceptors (Lipinski definition) is 3. The molecule has 0 aliphatic heterocycles. The summed E-state index contributed by atoms with van der Waals surface area (Å²) in [4.78, 5) is 0.388. The number of sulfonamides is 1. The minimum atomic E-state index is -3.47. The Morgan fingerprint density at radius 2 is 1.53 bits per heavy atom. The van der Waals surface area contributed by atoms with Crippen molar-refractivity contribution in [2.45, 2.75) is 45.6 Å². The van der Waals surface area contributed by atoms with E-state index >= 15 is 0 Å². The second-order valence-electron chi connectivity index (χ2n) is 5.34. The molecule has 0 fully saturated rings. The molecule has 0 aliphatic rings. The van der Waals surface area contributed by atoms with E-state index in [2.05, 4.69) is 10.0 Å². The van der Waals surface area contributed by atoms with E-state index in [0.29, 0.717) is 4.90 Å². The second-order valence-corrected chi connectivity index (χ2v) is 6.99. The van der Waals surface area contributed by atoms with Crippen molar-refractivity contribution in [2.75, 3.05) is 12.4 Å². The van der Waals surface area contributed by atoms with Crippen molar-refractivity contribution >= 4 is 15.7 Å². The Balaban J connectivity index is 3.22. The zero-order chi connectivity index (χ0) is 14.8. The lowest BCUT2D eigenvalue weighted by Gasteiger charge is -2.20. The summed E-state index contributed by atoms with van der Waals surface area (Å²) in [7, 11) is -1.65. The fourth-order valence-electron chi connectivity index (χ4n) is 1.96. The molecule has 0 bridgehead atoms. The number of nitrogens with one attached hydrogen (secondary N) is 2. The Hall–Kier alpha value is -1.07. The summed E-state index contributed by atoms with van der Waals surface area (Å²) in [6.07, 6.45) is 0. The highest BCUT2D eigenvalue weighted by Crippen LogP contribution is 2.24. The van der Waals surface area contributed by atoms with Crippen LogP contribution in [0.5, 0.6) is 0 Å². The molecule has 1 aromatic rings. The van der Waals surface area contributed by atoms with Crippen LogP contribution in [0.4, 0.5) is 5.69 Å². The molecule has 0 radical (unpaired) electrons. The number of benzene rings is 1. The summed E-state index contributed by atoms with van der Waals surface area (Å²) >= 11 is 0. The Morgan fingerprint density at radius 1 is 1.05 bits per heavy atom. The average Bonchev–Trinajstić information content (AvgIpc) is 2.26. The lowest BCUT2D eigenvalue weighted by molar-refractivity contribution is 0.476. The normalized spacial score (nSPS) is 13.6. The SMILES string of the molecule is CNc1cc(C)c(S(=O)(=O)NC(C)C(C)C)c(C)c1. The quantitative estimate of drug-likeness (QED) is 0.874. The molecule has 19 heavy (non-hydrogen) atoms. The Morgan fingerprint density at radius 3 is 1.89 bits per heavy atom. The van der Waals surface area contributed by atoms with Gasteiger partial charge in [0.05, 0.1) is 4.90 Å². The second kappa shape index (κ2) is 5.92. The third-order valence-electron chi connectivity index (χ3n) is 3.36. The molecule has 0 heterocycles. The van der Waals surface area contributed by atoms with Crippen LogP contribution in [-0.4, -0.2) is 21.5 Å². The summed E-state index contributed by atoms with van der Waals surface area (Å²) in [5, 5.41) is 3.03.